The summed E-state index contributed by atoms with van der Waals surface area (Å²) < 4.78 is 61.2. The number of hydrogen-bond donors (Lipinski definition) is 2. The smallest absolute Gasteiger partial charge is 0.263 e. The fourth-order valence-corrected chi connectivity index (χ4v) is 7.36. The highest BCUT2D eigenvalue weighted by Crippen LogP contribution is 2.26. The first-order valence-corrected chi connectivity index (χ1v) is 16.2. The van der Waals surface area contributed by atoms with E-state index in [4.69, 9.17) is 16.3 Å². The molecule has 1 amide bonds. The van der Waals surface area contributed by atoms with Crippen molar-refractivity contribution < 1.29 is 26.4 Å². The summed E-state index contributed by atoms with van der Waals surface area (Å²) >= 11 is 6.17. The average Bonchev–Trinajstić information content (AvgIpc) is 2.93. The molecule has 2 N–H and O–H groups in total. The average molecular weight is 606 g/mol. The van der Waals surface area contributed by atoms with Crippen LogP contribution in [0, 0.1) is 13.8 Å². The van der Waals surface area contributed by atoms with Crippen LogP contribution in [0.3, 0.4) is 0 Å². The van der Waals surface area contributed by atoms with Crippen molar-refractivity contribution >= 4 is 43.2 Å². The van der Waals surface area contributed by atoms with Gasteiger partial charge in [0.05, 0.1) is 16.5 Å². The van der Waals surface area contributed by atoms with Gasteiger partial charge >= 0.3 is 0 Å². The molecule has 1 saturated heterocycles. The Labute approximate surface area is 240 Å². The summed E-state index contributed by atoms with van der Waals surface area (Å²) in [7, 11) is -7.57. The van der Waals surface area contributed by atoms with E-state index in [0.717, 1.165) is 30.4 Å². The minimum atomic E-state index is -4.04. The number of rotatable bonds is 10. The molecule has 1 aliphatic rings. The number of aryl methyl sites for hydroxylation is 2. The van der Waals surface area contributed by atoms with E-state index in [9.17, 15) is 21.6 Å². The highest BCUT2D eigenvalue weighted by atomic mass is 35.5. The Balaban J connectivity index is 1.33. The molecule has 0 bridgehead atoms. The third-order valence-electron chi connectivity index (χ3n) is 6.67. The second-order valence-corrected chi connectivity index (χ2v) is 13.6. The van der Waals surface area contributed by atoms with Gasteiger partial charge in [0.15, 0.2) is 0 Å². The maximum atomic E-state index is 13.0. The molecule has 1 heterocycles. The van der Waals surface area contributed by atoms with E-state index in [-0.39, 0.29) is 33.5 Å². The number of sulfonamides is 2. The van der Waals surface area contributed by atoms with Crippen LogP contribution in [-0.2, 0) is 20.0 Å². The van der Waals surface area contributed by atoms with Crippen molar-refractivity contribution in [1.29, 1.82) is 0 Å². The van der Waals surface area contributed by atoms with E-state index in [2.05, 4.69) is 10.0 Å². The monoisotopic (exact) mass is 605 g/mol. The van der Waals surface area contributed by atoms with Gasteiger partial charge in [-0.05, 0) is 92.4 Å². The first-order valence-electron chi connectivity index (χ1n) is 12.9. The predicted molar refractivity (Wildman–Crippen MR) is 155 cm³/mol. The molecule has 0 radical (unpaired) electrons. The number of ether oxygens (including phenoxy) is 1. The van der Waals surface area contributed by atoms with Crippen LogP contribution in [0.2, 0.25) is 5.02 Å². The van der Waals surface area contributed by atoms with E-state index < -0.39 is 26.0 Å². The molecule has 12 heteroatoms. The van der Waals surface area contributed by atoms with Gasteiger partial charge in [-0.1, -0.05) is 24.1 Å². The lowest BCUT2D eigenvalue weighted by Crippen LogP contribution is -2.35. The number of benzene rings is 3. The van der Waals surface area contributed by atoms with Gasteiger partial charge < -0.3 is 10.1 Å². The van der Waals surface area contributed by atoms with Crippen molar-refractivity contribution in [3.05, 3.63) is 82.4 Å². The Hall–Kier alpha value is -3.12. The fourth-order valence-electron chi connectivity index (χ4n) is 4.26. The van der Waals surface area contributed by atoms with Crippen LogP contribution in [0.5, 0.6) is 5.75 Å². The summed E-state index contributed by atoms with van der Waals surface area (Å²) in [6.45, 7) is 5.13. The summed E-state index contributed by atoms with van der Waals surface area (Å²) in [4.78, 5) is 12.7. The molecular formula is C28H32ClN3O6S2. The van der Waals surface area contributed by atoms with Gasteiger partial charge in [-0.3, -0.25) is 9.52 Å². The number of anilines is 1. The molecule has 9 nitrogen and oxygen atoms in total. The highest BCUT2D eigenvalue weighted by Gasteiger charge is 2.26. The molecule has 0 aromatic heterocycles. The van der Waals surface area contributed by atoms with Gasteiger partial charge in [-0.25, -0.2) is 16.8 Å². The molecule has 1 fully saturated rings. The molecule has 0 spiro atoms. The Morgan fingerprint density at radius 3 is 2.27 bits per heavy atom. The van der Waals surface area contributed by atoms with Gasteiger partial charge in [0, 0.05) is 24.3 Å². The van der Waals surface area contributed by atoms with Gasteiger partial charge in [0.25, 0.3) is 15.9 Å². The molecule has 0 saturated carbocycles. The number of hydrogen-bond acceptors (Lipinski definition) is 6. The van der Waals surface area contributed by atoms with Crippen LogP contribution in [0.1, 0.15) is 40.7 Å². The van der Waals surface area contributed by atoms with Gasteiger partial charge in [-0.15, -0.1) is 0 Å². The zero-order valence-corrected chi connectivity index (χ0v) is 24.7. The zero-order chi connectivity index (χ0) is 28.9. The fraction of sp³-hybridized carbons (Fsp3) is 0.321. The molecule has 3 aromatic carbocycles. The number of amides is 1. The molecular weight excluding hydrogens is 574 g/mol. The van der Waals surface area contributed by atoms with E-state index in [1.807, 2.05) is 19.9 Å². The van der Waals surface area contributed by atoms with Crippen LogP contribution in [0.4, 0.5) is 5.69 Å². The predicted octanol–water partition coefficient (Wildman–Crippen LogP) is 4.74. The molecule has 0 unspecified atom stereocenters. The normalized spacial score (nSPS) is 14.5. The maximum absolute atomic E-state index is 13.0. The quantitative estimate of drug-likeness (QED) is 0.322. The third-order valence-corrected chi connectivity index (χ3v) is 10.5. The number of nitrogens with one attached hydrogen (secondary N) is 2. The van der Waals surface area contributed by atoms with Gasteiger partial charge in [-0.2, -0.15) is 4.31 Å². The van der Waals surface area contributed by atoms with Crippen molar-refractivity contribution in [2.45, 2.75) is 42.9 Å². The zero-order valence-electron chi connectivity index (χ0n) is 22.3. The summed E-state index contributed by atoms with van der Waals surface area (Å²) in [6, 6.07) is 15.4. The lowest BCUT2D eigenvalue weighted by atomic mass is 10.1. The molecule has 0 aliphatic carbocycles. The third kappa shape index (κ3) is 7.14. The van der Waals surface area contributed by atoms with Crippen LogP contribution < -0.4 is 14.8 Å². The van der Waals surface area contributed by atoms with Gasteiger partial charge in [0.1, 0.15) is 17.3 Å². The second-order valence-electron chi connectivity index (χ2n) is 9.59. The van der Waals surface area contributed by atoms with Crippen molar-refractivity contribution in [3.63, 3.8) is 0 Å². The largest absolute Gasteiger partial charge is 0.492 e. The standard InChI is InChI=1S/C28H32ClN3O6S2/c1-20-6-8-23(18-21(20)2)31-39(34,35)27-19-22(7-13-26(27)29)28(33)30-14-17-38-24-9-11-25(12-10-24)40(36,37)32-15-4-3-5-16-32/h6-13,18-19,31H,3-5,14-17H2,1-2H3,(H,30,33). The Kier molecular flexibility index (Phi) is 9.40. The molecule has 3 aromatic rings. The van der Waals surface area contributed by atoms with Crippen molar-refractivity contribution in [1.82, 2.24) is 9.62 Å². The van der Waals surface area contributed by atoms with Crippen molar-refractivity contribution in [2.24, 2.45) is 0 Å². The molecule has 4 rings (SSSR count). The highest BCUT2D eigenvalue weighted by molar-refractivity contribution is 7.92. The molecule has 1 aliphatic heterocycles. The minimum absolute atomic E-state index is 0.0121. The Morgan fingerprint density at radius 1 is 0.900 bits per heavy atom. The SMILES string of the molecule is Cc1ccc(NS(=O)(=O)c2cc(C(=O)NCCOc3ccc(S(=O)(=O)N4CCCCC4)cc3)ccc2Cl)cc1C. The molecule has 214 valence electrons. The first-order chi connectivity index (χ1) is 19.0. The lowest BCUT2D eigenvalue weighted by Gasteiger charge is -2.25. The maximum Gasteiger partial charge on any atom is 0.263 e. The van der Waals surface area contributed by atoms with Gasteiger partial charge in [0.2, 0.25) is 10.0 Å². The minimum Gasteiger partial charge on any atom is -0.492 e. The van der Waals surface area contributed by atoms with E-state index in [1.54, 1.807) is 24.3 Å². The lowest BCUT2D eigenvalue weighted by molar-refractivity contribution is 0.0946. The second kappa shape index (κ2) is 12.6. The Bertz CT molecular complexity index is 1590. The van der Waals surface area contributed by atoms with Crippen LogP contribution in [-0.4, -0.2) is 53.3 Å². The van der Waals surface area contributed by atoms with Crippen LogP contribution in [0.25, 0.3) is 0 Å². The summed E-state index contributed by atoms with van der Waals surface area (Å²) in [6.07, 6.45) is 2.77. The van der Waals surface area contributed by atoms with Crippen molar-refractivity contribution in [2.75, 3.05) is 31.0 Å². The topological polar surface area (TPSA) is 122 Å². The number of carbonyl (C=O) groups is 1. The number of halogens is 1. The summed E-state index contributed by atoms with van der Waals surface area (Å²) in [5.74, 6) is -0.0324. The van der Waals surface area contributed by atoms with E-state index in [0.29, 0.717) is 24.5 Å². The van der Waals surface area contributed by atoms with E-state index in [1.165, 1.54) is 34.6 Å². The van der Waals surface area contributed by atoms with E-state index >= 15 is 0 Å². The molecule has 40 heavy (non-hydrogen) atoms. The summed E-state index contributed by atoms with van der Waals surface area (Å²) in [5.41, 5.74) is 2.47. The number of nitrogens with zero attached hydrogens (tertiary/aromatic N) is 1. The number of carbonyl (C=O) groups excluding carboxylic acids is 1. The Morgan fingerprint density at radius 2 is 1.60 bits per heavy atom. The molecule has 0 atom stereocenters. The number of piperidine rings is 1. The van der Waals surface area contributed by atoms with Crippen molar-refractivity contribution in [3.8, 4) is 5.75 Å². The summed E-state index contributed by atoms with van der Waals surface area (Å²) in [5, 5.41) is 2.67. The first kappa shape index (κ1) is 29.9. The van der Waals surface area contributed by atoms with Crippen LogP contribution >= 0.6 is 11.6 Å². The van der Waals surface area contributed by atoms with Crippen LogP contribution in [0.15, 0.2) is 70.5 Å².